The number of nitrogens with one attached hydrogen (secondary N) is 2. The number of hydrogen-bond donors (Lipinski definition) is 2. The van der Waals surface area contributed by atoms with Gasteiger partial charge in [-0.1, -0.05) is 49.2 Å². The molecule has 0 aliphatic heterocycles. The highest BCUT2D eigenvalue weighted by molar-refractivity contribution is 5.94. The third-order valence-electron chi connectivity index (χ3n) is 4.55. The van der Waals surface area contributed by atoms with Crippen LogP contribution in [0, 0.1) is 5.41 Å². The molecule has 0 fully saturated rings. The molecule has 0 aliphatic carbocycles. The third kappa shape index (κ3) is 7.73. The molecule has 3 aromatic rings. The maximum Gasteiger partial charge on any atom is 0.407 e. The average Bonchev–Trinajstić information content (AvgIpc) is 2.78. The van der Waals surface area contributed by atoms with Crippen LogP contribution in [0.1, 0.15) is 47.1 Å². The molecular weight excluding hydrogens is 448 g/mol. The highest BCUT2D eigenvalue weighted by atomic mass is 16.6. The van der Waals surface area contributed by atoms with Gasteiger partial charge in [0.2, 0.25) is 11.7 Å². The predicted octanol–water partition coefficient (Wildman–Crippen LogP) is 4.74. The van der Waals surface area contributed by atoms with Gasteiger partial charge < -0.3 is 20.1 Å². The molecule has 0 bridgehead atoms. The summed E-state index contributed by atoms with van der Waals surface area (Å²) in [4.78, 5) is 24.1. The summed E-state index contributed by atoms with van der Waals surface area (Å²) in [7, 11) is 0. The molecule has 0 unspecified atom stereocenters. The molecule has 2 aromatic carbocycles. The first-order valence-electron chi connectivity index (χ1n) is 11.1. The largest absolute Gasteiger partial charge is 0.445 e. The number of carbonyl (C=O) groups excluding carboxylic acids is 2. The fraction of sp³-hybridized carbons (Fsp3) is 0.360. The minimum Gasteiger partial charge on any atom is -0.445 e. The van der Waals surface area contributed by atoms with E-state index in [2.05, 4.69) is 31.0 Å². The molecule has 1 heterocycles. The van der Waals surface area contributed by atoms with Crippen molar-refractivity contribution in [3.63, 3.8) is 0 Å². The highest BCUT2D eigenvalue weighted by Crippen LogP contribution is 2.24. The number of aromatic nitrogens is 4. The van der Waals surface area contributed by atoms with E-state index in [-0.39, 0.29) is 18.5 Å². The summed E-state index contributed by atoms with van der Waals surface area (Å²) in [6.07, 6.45) is -0.528. The summed E-state index contributed by atoms with van der Waals surface area (Å²) in [5.41, 5.74) is 1.10. The van der Waals surface area contributed by atoms with Crippen molar-refractivity contribution in [3.8, 4) is 23.1 Å². The summed E-state index contributed by atoms with van der Waals surface area (Å²) < 4.78 is 11.0. The van der Waals surface area contributed by atoms with Gasteiger partial charge in [0, 0.05) is 27.8 Å². The molecule has 2 amide bonds. The van der Waals surface area contributed by atoms with Crippen molar-refractivity contribution in [2.75, 3.05) is 5.32 Å². The second kappa shape index (κ2) is 10.5. The normalized spacial score (nSPS) is 11.5. The van der Waals surface area contributed by atoms with Crippen LogP contribution in [-0.2, 0) is 16.1 Å². The Morgan fingerprint density at radius 1 is 0.857 bits per heavy atom. The molecule has 35 heavy (non-hydrogen) atoms. The van der Waals surface area contributed by atoms with E-state index in [0.29, 0.717) is 28.4 Å². The lowest BCUT2D eigenvalue weighted by Crippen LogP contribution is -2.40. The highest BCUT2D eigenvalue weighted by Gasteiger charge is 2.21. The molecule has 0 atom stereocenters. The van der Waals surface area contributed by atoms with E-state index in [4.69, 9.17) is 9.47 Å². The molecule has 2 N–H and O–H groups in total. The van der Waals surface area contributed by atoms with Crippen LogP contribution in [0.25, 0.3) is 11.4 Å². The number of nitrogens with zero attached hydrogens (tertiary/aromatic N) is 4. The summed E-state index contributed by atoms with van der Waals surface area (Å²) >= 11 is 0. The number of benzene rings is 2. The van der Waals surface area contributed by atoms with Gasteiger partial charge in [-0.15, -0.1) is 10.2 Å². The fourth-order valence-corrected chi connectivity index (χ4v) is 2.70. The topological polar surface area (TPSA) is 128 Å². The van der Waals surface area contributed by atoms with Crippen LogP contribution in [0.15, 0.2) is 48.5 Å². The molecule has 3 rings (SSSR count). The molecule has 0 aliphatic rings. The number of anilines is 1. The SMILES string of the molecule is CC(C)(C)NC(=O)OCc1ccccc1Oc1nnc(-c2ccc(NC(=O)C(C)(C)C)cc2)nn1. The Kier molecular flexibility index (Phi) is 7.63. The molecule has 1 aromatic heterocycles. The van der Waals surface area contributed by atoms with Crippen LogP contribution >= 0.6 is 0 Å². The summed E-state index contributed by atoms with van der Waals surface area (Å²) in [6, 6.07) is 14.1. The number of alkyl carbamates (subject to hydrolysis) is 1. The van der Waals surface area contributed by atoms with Crippen LogP contribution in [0.3, 0.4) is 0 Å². The van der Waals surface area contributed by atoms with Gasteiger partial charge in [-0.3, -0.25) is 4.79 Å². The maximum absolute atomic E-state index is 12.1. The second-order valence-electron chi connectivity index (χ2n) is 9.95. The smallest absolute Gasteiger partial charge is 0.407 e. The van der Waals surface area contributed by atoms with Crippen LogP contribution in [0.2, 0.25) is 0 Å². The second-order valence-corrected chi connectivity index (χ2v) is 9.95. The van der Waals surface area contributed by atoms with Crippen LogP contribution in [-0.4, -0.2) is 37.9 Å². The van der Waals surface area contributed by atoms with Crippen molar-refractivity contribution in [1.29, 1.82) is 0 Å². The van der Waals surface area contributed by atoms with E-state index in [1.54, 1.807) is 48.5 Å². The lowest BCUT2D eigenvalue weighted by molar-refractivity contribution is -0.123. The van der Waals surface area contributed by atoms with Gasteiger partial charge in [-0.25, -0.2) is 4.79 Å². The number of carbonyl (C=O) groups is 2. The minimum atomic E-state index is -0.528. The van der Waals surface area contributed by atoms with E-state index in [9.17, 15) is 9.59 Å². The molecule has 184 valence electrons. The quantitative estimate of drug-likeness (QED) is 0.520. The molecule has 0 radical (unpaired) electrons. The lowest BCUT2D eigenvalue weighted by atomic mass is 9.95. The van der Waals surface area contributed by atoms with Gasteiger partial charge >= 0.3 is 12.1 Å². The molecule has 10 heteroatoms. The monoisotopic (exact) mass is 478 g/mol. The lowest BCUT2D eigenvalue weighted by Gasteiger charge is -2.20. The Morgan fingerprint density at radius 2 is 1.49 bits per heavy atom. The summed E-state index contributed by atoms with van der Waals surface area (Å²) in [5.74, 6) is 0.653. The summed E-state index contributed by atoms with van der Waals surface area (Å²) in [5, 5.41) is 21.8. The van der Waals surface area contributed by atoms with Crippen LogP contribution in [0.5, 0.6) is 11.8 Å². The Morgan fingerprint density at radius 3 is 2.09 bits per heavy atom. The van der Waals surface area contributed by atoms with E-state index in [1.807, 2.05) is 41.5 Å². The Hall–Kier alpha value is -4.08. The third-order valence-corrected chi connectivity index (χ3v) is 4.55. The standard InChI is InChI=1S/C25H30N6O4/c1-24(2,3)21(32)26-18-13-11-16(12-14-18)20-28-30-22(31-29-20)35-19-10-8-7-9-17(19)15-34-23(33)27-25(4,5)6/h7-14H,15H2,1-6H3,(H,26,32)(H,27,33). The molecule has 0 spiro atoms. The van der Waals surface area contributed by atoms with Crippen molar-refractivity contribution in [2.45, 2.75) is 53.7 Å². The maximum atomic E-state index is 12.1. The van der Waals surface area contributed by atoms with Gasteiger partial charge in [-0.2, -0.15) is 0 Å². The average molecular weight is 479 g/mol. The Labute approximate surface area is 204 Å². The van der Waals surface area contributed by atoms with Gasteiger partial charge in [0.05, 0.1) is 0 Å². The number of hydrogen-bond acceptors (Lipinski definition) is 8. The fourth-order valence-electron chi connectivity index (χ4n) is 2.70. The van der Waals surface area contributed by atoms with Crippen molar-refractivity contribution in [2.24, 2.45) is 5.41 Å². The van der Waals surface area contributed by atoms with Crippen molar-refractivity contribution in [3.05, 3.63) is 54.1 Å². The zero-order valence-corrected chi connectivity index (χ0v) is 20.7. The van der Waals surface area contributed by atoms with Crippen molar-refractivity contribution in [1.82, 2.24) is 25.7 Å². The van der Waals surface area contributed by atoms with Crippen LogP contribution < -0.4 is 15.4 Å². The van der Waals surface area contributed by atoms with Crippen molar-refractivity contribution < 1.29 is 19.1 Å². The Bertz CT molecular complexity index is 1170. The van der Waals surface area contributed by atoms with E-state index >= 15 is 0 Å². The van der Waals surface area contributed by atoms with Gasteiger partial charge in [0.25, 0.3) is 0 Å². The number of amides is 2. The van der Waals surface area contributed by atoms with Crippen molar-refractivity contribution >= 4 is 17.7 Å². The number of para-hydroxylation sites is 1. The Balaban J connectivity index is 1.64. The number of rotatable bonds is 6. The van der Waals surface area contributed by atoms with Gasteiger partial charge in [0.1, 0.15) is 12.4 Å². The van der Waals surface area contributed by atoms with E-state index in [0.717, 1.165) is 0 Å². The number of ether oxygens (including phenoxy) is 2. The molecule has 10 nitrogen and oxygen atoms in total. The first-order chi connectivity index (χ1) is 16.4. The first-order valence-corrected chi connectivity index (χ1v) is 11.1. The summed E-state index contributed by atoms with van der Waals surface area (Å²) in [6.45, 7) is 11.2. The van der Waals surface area contributed by atoms with Gasteiger partial charge in [-0.05, 0) is 51.1 Å². The zero-order chi connectivity index (χ0) is 25.6. The molecule has 0 saturated carbocycles. The zero-order valence-electron chi connectivity index (χ0n) is 20.7. The van der Waals surface area contributed by atoms with Crippen LogP contribution in [0.4, 0.5) is 10.5 Å². The minimum absolute atomic E-state index is 0.00906. The predicted molar refractivity (Wildman–Crippen MR) is 131 cm³/mol. The van der Waals surface area contributed by atoms with E-state index in [1.165, 1.54) is 0 Å². The van der Waals surface area contributed by atoms with E-state index < -0.39 is 17.0 Å². The van der Waals surface area contributed by atoms with Gasteiger partial charge in [0.15, 0.2) is 0 Å². The first kappa shape index (κ1) is 25.5. The molecule has 0 saturated heterocycles. The molecular formula is C25H30N6O4.